The molecule has 0 atom stereocenters. The van der Waals surface area contributed by atoms with Crippen molar-refractivity contribution in [2.24, 2.45) is 0 Å². The van der Waals surface area contributed by atoms with Crippen LogP contribution >= 0.6 is 0 Å². The molecule has 2 rings (SSSR count). The number of amides is 1. The summed E-state index contributed by atoms with van der Waals surface area (Å²) in [5.74, 6) is -1.15. The fourth-order valence-electron chi connectivity index (χ4n) is 1.73. The van der Waals surface area contributed by atoms with Crippen LogP contribution in [0.1, 0.15) is 11.1 Å². The monoisotopic (exact) mass is 291 g/mol. The van der Waals surface area contributed by atoms with Gasteiger partial charge in [0.05, 0.1) is 0 Å². The molecule has 1 heterocycles. The molecule has 0 saturated carbocycles. The highest BCUT2D eigenvalue weighted by Gasteiger charge is 2.18. The Morgan fingerprint density at radius 3 is 2.81 bits per heavy atom. The molecule has 6 heteroatoms. The molecule has 1 N–H and O–H groups in total. The van der Waals surface area contributed by atoms with Gasteiger partial charge in [-0.15, -0.1) is 0 Å². The van der Waals surface area contributed by atoms with E-state index in [0.29, 0.717) is 12.3 Å². The third-order valence-corrected chi connectivity index (χ3v) is 2.85. The lowest BCUT2D eigenvalue weighted by Crippen LogP contribution is -2.24. The minimum Gasteiger partial charge on any atom is -0.493 e. The van der Waals surface area contributed by atoms with Gasteiger partial charge in [0, 0.05) is 5.69 Å². The zero-order valence-corrected chi connectivity index (χ0v) is 12.0. The first-order chi connectivity index (χ1) is 10.1. The highest BCUT2D eigenvalue weighted by molar-refractivity contribution is 5.95. The van der Waals surface area contributed by atoms with E-state index < -0.39 is 11.9 Å². The van der Waals surface area contributed by atoms with E-state index in [1.165, 1.54) is 6.26 Å². The zero-order valence-electron chi connectivity index (χ0n) is 12.0. The van der Waals surface area contributed by atoms with Crippen LogP contribution in [0.5, 0.6) is 0 Å². The number of carbonyl (C=O) groups excluding carboxylic acids is 2. The second kappa shape index (κ2) is 6.78. The van der Waals surface area contributed by atoms with E-state index in [9.17, 15) is 9.59 Å². The molecule has 112 valence electrons. The number of hydrogen-bond acceptors (Lipinski definition) is 5. The molecule has 0 aromatic heterocycles. The maximum absolute atomic E-state index is 11.8. The average molecular weight is 291 g/mol. The third-order valence-electron chi connectivity index (χ3n) is 2.85. The summed E-state index contributed by atoms with van der Waals surface area (Å²) in [4.78, 5) is 23.4. The summed E-state index contributed by atoms with van der Waals surface area (Å²) >= 11 is 0. The van der Waals surface area contributed by atoms with Crippen molar-refractivity contribution in [2.45, 2.75) is 13.8 Å². The molecular formula is C15H17NO5. The molecule has 1 aliphatic rings. The Hall–Kier alpha value is -2.50. The van der Waals surface area contributed by atoms with Crippen molar-refractivity contribution >= 4 is 17.6 Å². The molecule has 1 aliphatic heterocycles. The van der Waals surface area contributed by atoms with E-state index in [-0.39, 0.29) is 19.0 Å². The molecule has 0 spiro atoms. The van der Waals surface area contributed by atoms with E-state index in [0.717, 1.165) is 11.1 Å². The lowest BCUT2D eigenvalue weighted by molar-refractivity contribution is -0.148. The third kappa shape index (κ3) is 4.24. The maximum Gasteiger partial charge on any atom is 0.377 e. The highest BCUT2D eigenvalue weighted by Crippen LogP contribution is 2.16. The van der Waals surface area contributed by atoms with Crippen molar-refractivity contribution < 1.29 is 23.8 Å². The van der Waals surface area contributed by atoms with Crippen molar-refractivity contribution in [2.75, 3.05) is 25.1 Å². The fraction of sp³-hybridized carbons (Fsp3) is 0.333. The van der Waals surface area contributed by atoms with Crippen molar-refractivity contribution in [1.29, 1.82) is 0 Å². The number of hydrogen-bond donors (Lipinski definition) is 1. The van der Waals surface area contributed by atoms with Gasteiger partial charge in [-0.1, -0.05) is 12.1 Å². The van der Waals surface area contributed by atoms with Crippen LogP contribution in [0.3, 0.4) is 0 Å². The minimum atomic E-state index is -0.717. The Kier molecular flexibility index (Phi) is 4.81. The topological polar surface area (TPSA) is 73.9 Å². The molecule has 6 nitrogen and oxygen atoms in total. The summed E-state index contributed by atoms with van der Waals surface area (Å²) in [6.45, 7) is 4.12. The average Bonchev–Trinajstić information content (AvgIpc) is 2.49. The lowest BCUT2D eigenvalue weighted by atomic mass is 10.1. The zero-order chi connectivity index (χ0) is 15.2. The van der Waals surface area contributed by atoms with Crippen molar-refractivity contribution in [3.05, 3.63) is 41.3 Å². The second-order valence-electron chi connectivity index (χ2n) is 4.64. The summed E-state index contributed by atoms with van der Waals surface area (Å²) < 4.78 is 14.9. The highest BCUT2D eigenvalue weighted by atomic mass is 16.6. The van der Waals surface area contributed by atoms with Crippen molar-refractivity contribution in [1.82, 2.24) is 0 Å². The summed E-state index contributed by atoms with van der Waals surface area (Å²) in [6.07, 6.45) is 1.19. The van der Waals surface area contributed by atoms with Gasteiger partial charge in [0.25, 0.3) is 5.91 Å². The van der Waals surface area contributed by atoms with E-state index in [2.05, 4.69) is 5.32 Å². The van der Waals surface area contributed by atoms with Gasteiger partial charge in [0.2, 0.25) is 5.76 Å². The number of anilines is 1. The van der Waals surface area contributed by atoms with Gasteiger partial charge >= 0.3 is 5.97 Å². The lowest BCUT2D eigenvalue weighted by Gasteiger charge is -2.14. The number of benzene rings is 1. The van der Waals surface area contributed by atoms with Gasteiger partial charge in [0.1, 0.15) is 19.5 Å². The smallest absolute Gasteiger partial charge is 0.377 e. The van der Waals surface area contributed by atoms with E-state index >= 15 is 0 Å². The van der Waals surface area contributed by atoms with E-state index in [1.807, 2.05) is 32.0 Å². The molecule has 1 amide bonds. The van der Waals surface area contributed by atoms with Gasteiger partial charge < -0.3 is 19.5 Å². The van der Waals surface area contributed by atoms with Gasteiger partial charge in [-0.2, -0.15) is 0 Å². The van der Waals surface area contributed by atoms with Crippen LogP contribution < -0.4 is 5.32 Å². The molecule has 21 heavy (non-hydrogen) atoms. The molecule has 0 unspecified atom stereocenters. The number of ether oxygens (including phenoxy) is 3. The Morgan fingerprint density at radius 2 is 2.10 bits per heavy atom. The standard InChI is InChI=1S/C15H17NO5/c1-10-3-4-11(2)12(7-10)16-14(17)9-21-15(18)13-8-19-5-6-20-13/h3-4,7-8H,5-6,9H2,1-2H3,(H,16,17). The van der Waals surface area contributed by atoms with E-state index in [1.54, 1.807) is 0 Å². The van der Waals surface area contributed by atoms with Crippen LogP contribution in [-0.4, -0.2) is 31.7 Å². The fourth-order valence-corrected chi connectivity index (χ4v) is 1.73. The normalized spacial score (nSPS) is 13.5. The van der Waals surface area contributed by atoms with Gasteiger partial charge in [-0.25, -0.2) is 4.79 Å². The summed E-state index contributed by atoms with van der Waals surface area (Å²) in [5.41, 5.74) is 2.67. The predicted molar refractivity (Wildman–Crippen MR) is 75.5 cm³/mol. The second-order valence-corrected chi connectivity index (χ2v) is 4.64. The first-order valence-corrected chi connectivity index (χ1v) is 6.55. The Morgan fingerprint density at radius 1 is 1.29 bits per heavy atom. The van der Waals surface area contributed by atoms with Gasteiger partial charge in [0.15, 0.2) is 6.61 Å². The molecule has 0 radical (unpaired) electrons. The Bertz CT molecular complexity index is 579. The molecule has 1 aromatic carbocycles. The van der Waals surface area contributed by atoms with Crippen LogP contribution in [-0.2, 0) is 23.8 Å². The number of rotatable bonds is 4. The Labute approximate surface area is 122 Å². The van der Waals surface area contributed by atoms with Crippen molar-refractivity contribution in [3.63, 3.8) is 0 Å². The number of nitrogens with one attached hydrogen (secondary N) is 1. The first-order valence-electron chi connectivity index (χ1n) is 6.55. The number of esters is 1. The first kappa shape index (κ1) is 14.9. The maximum atomic E-state index is 11.8. The molecule has 0 aliphatic carbocycles. The summed E-state index contributed by atoms with van der Waals surface area (Å²) in [7, 11) is 0. The molecule has 0 saturated heterocycles. The van der Waals surface area contributed by atoms with Crippen LogP contribution in [0.4, 0.5) is 5.69 Å². The van der Waals surface area contributed by atoms with Crippen LogP contribution in [0.2, 0.25) is 0 Å². The number of aryl methyl sites for hydroxylation is 2. The van der Waals surface area contributed by atoms with Gasteiger partial charge in [-0.05, 0) is 31.0 Å². The number of carbonyl (C=O) groups is 2. The Balaban J connectivity index is 1.86. The van der Waals surface area contributed by atoms with Crippen LogP contribution in [0.25, 0.3) is 0 Å². The van der Waals surface area contributed by atoms with E-state index in [4.69, 9.17) is 14.2 Å². The minimum absolute atomic E-state index is 0.0270. The van der Waals surface area contributed by atoms with Crippen molar-refractivity contribution in [3.8, 4) is 0 Å². The summed E-state index contributed by atoms with van der Waals surface area (Å²) in [6, 6.07) is 5.72. The molecule has 1 aromatic rings. The molecule has 0 bridgehead atoms. The molecular weight excluding hydrogens is 274 g/mol. The molecule has 0 fully saturated rings. The predicted octanol–water partition coefficient (Wildman–Crippen LogP) is 1.67. The summed E-state index contributed by atoms with van der Waals surface area (Å²) in [5, 5.41) is 2.70. The van der Waals surface area contributed by atoms with Crippen LogP contribution in [0.15, 0.2) is 30.2 Å². The largest absolute Gasteiger partial charge is 0.493 e. The SMILES string of the molecule is Cc1ccc(C)c(NC(=O)COC(=O)C2=COCCO2)c1. The van der Waals surface area contributed by atoms with Gasteiger partial charge in [-0.3, -0.25) is 4.79 Å². The van der Waals surface area contributed by atoms with Crippen LogP contribution in [0, 0.1) is 13.8 Å². The quantitative estimate of drug-likeness (QED) is 0.854.